The number of halogens is 1. The fourth-order valence-electron chi connectivity index (χ4n) is 3.81. The Morgan fingerprint density at radius 3 is 2.93 bits per heavy atom. The maximum absolute atomic E-state index is 13.9. The zero-order valence-corrected chi connectivity index (χ0v) is 15.5. The highest BCUT2D eigenvalue weighted by atomic mass is 19.1. The minimum Gasteiger partial charge on any atom is -0.354 e. The van der Waals surface area contributed by atoms with E-state index in [0.29, 0.717) is 18.5 Å². The fourth-order valence-corrected chi connectivity index (χ4v) is 3.81. The van der Waals surface area contributed by atoms with E-state index in [1.165, 1.54) is 6.07 Å². The van der Waals surface area contributed by atoms with Crippen molar-refractivity contribution in [3.8, 4) is 0 Å². The number of hydrogen-bond donors (Lipinski definition) is 3. The molecule has 2 aromatic rings. The molecule has 2 fully saturated rings. The van der Waals surface area contributed by atoms with Crippen LogP contribution in [0.2, 0.25) is 0 Å². The van der Waals surface area contributed by atoms with Crippen molar-refractivity contribution >= 4 is 5.91 Å². The molecule has 1 saturated heterocycles. The van der Waals surface area contributed by atoms with Crippen LogP contribution >= 0.6 is 0 Å². The number of nitrogens with one attached hydrogen (secondary N) is 3. The minimum atomic E-state index is -0.357. The molecule has 1 aliphatic heterocycles. The molecule has 1 amide bonds. The van der Waals surface area contributed by atoms with Crippen molar-refractivity contribution in [2.45, 2.75) is 51.2 Å². The number of aromatic nitrogens is 2. The first-order chi connectivity index (χ1) is 13.1. The molecular formula is C20H26FN5O. The van der Waals surface area contributed by atoms with Crippen molar-refractivity contribution < 1.29 is 9.18 Å². The van der Waals surface area contributed by atoms with E-state index in [-0.39, 0.29) is 29.2 Å². The SMILES string of the molecule is CCc1nccn1CC1(CNC(=O)C2CC(c3ccccc3F)NN2)CC1. The number of hydrazine groups is 1. The topological polar surface area (TPSA) is 71.0 Å². The largest absolute Gasteiger partial charge is 0.354 e. The molecule has 144 valence electrons. The summed E-state index contributed by atoms with van der Waals surface area (Å²) < 4.78 is 16.1. The fraction of sp³-hybridized carbons (Fsp3) is 0.500. The summed E-state index contributed by atoms with van der Waals surface area (Å²) in [5.41, 5.74) is 6.78. The number of rotatable bonds is 7. The Morgan fingerprint density at radius 1 is 1.37 bits per heavy atom. The summed E-state index contributed by atoms with van der Waals surface area (Å²) in [6.45, 7) is 3.66. The van der Waals surface area contributed by atoms with E-state index in [1.807, 2.05) is 18.5 Å². The quantitative estimate of drug-likeness (QED) is 0.697. The van der Waals surface area contributed by atoms with Gasteiger partial charge < -0.3 is 9.88 Å². The van der Waals surface area contributed by atoms with Crippen LogP contribution in [0.3, 0.4) is 0 Å². The number of carbonyl (C=O) groups is 1. The summed E-state index contributed by atoms with van der Waals surface area (Å²) >= 11 is 0. The number of carbonyl (C=O) groups excluding carboxylic acids is 1. The summed E-state index contributed by atoms with van der Waals surface area (Å²) in [4.78, 5) is 17.0. The monoisotopic (exact) mass is 371 g/mol. The van der Waals surface area contributed by atoms with E-state index in [9.17, 15) is 9.18 Å². The minimum absolute atomic E-state index is 0.0334. The smallest absolute Gasteiger partial charge is 0.238 e. The highest BCUT2D eigenvalue weighted by molar-refractivity contribution is 5.82. The third-order valence-electron chi connectivity index (χ3n) is 5.72. The van der Waals surface area contributed by atoms with E-state index in [2.05, 4.69) is 32.6 Å². The Balaban J connectivity index is 1.31. The summed E-state index contributed by atoms with van der Waals surface area (Å²) in [6, 6.07) is 6.13. The molecule has 0 radical (unpaired) electrons. The lowest BCUT2D eigenvalue weighted by atomic mass is 10.0. The maximum Gasteiger partial charge on any atom is 0.238 e. The molecule has 1 aromatic carbocycles. The Bertz CT molecular complexity index is 816. The van der Waals surface area contributed by atoms with Crippen LogP contribution in [0.1, 0.15) is 43.6 Å². The number of benzene rings is 1. The first-order valence-corrected chi connectivity index (χ1v) is 9.63. The average molecular weight is 371 g/mol. The van der Waals surface area contributed by atoms with Crippen LogP contribution in [0.15, 0.2) is 36.7 Å². The van der Waals surface area contributed by atoms with Gasteiger partial charge in [-0.05, 0) is 25.3 Å². The zero-order chi connectivity index (χ0) is 18.9. The Morgan fingerprint density at radius 2 is 2.19 bits per heavy atom. The second-order valence-corrected chi connectivity index (χ2v) is 7.69. The molecule has 27 heavy (non-hydrogen) atoms. The van der Waals surface area contributed by atoms with Crippen molar-refractivity contribution in [3.05, 3.63) is 53.9 Å². The van der Waals surface area contributed by atoms with Gasteiger partial charge in [-0.15, -0.1) is 0 Å². The lowest BCUT2D eigenvalue weighted by molar-refractivity contribution is -0.123. The van der Waals surface area contributed by atoms with E-state index >= 15 is 0 Å². The molecular weight excluding hydrogens is 345 g/mol. The van der Waals surface area contributed by atoms with Crippen molar-refractivity contribution in [2.24, 2.45) is 5.41 Å². The number of imidazole rings is 1. The molecule has 1 saturated carbocycles. The highest BCUT2D eigenvalue weighted by Crippen LogP contribution is 2.46. The van der Waals surface area contributed by atoms with Crippen LogP contribution in [-0.4, -0.2) is 28.0 Å². The maximum atomic E-state index is 13.9. The van der Waals surface area contributed by atoms with Gasteiger partial charge in [-0.25, -0.2) is 20.2 Å². The van der Waals surface area contributed by atoms with Gasteiger partial charge in [0.25, 0.3) is 0 Å². The third-order valence-corrected chi connectivity index (χ3v) is 5.72. The van der Waals surface area contributed by atoms with Crippen LogP contribution in [0.25, 0.3) is 0 Å². The number of aryl methyl sites for hydroxylation is 1. The molecule has 2 unspecified atom stereocenters. The molecule has 2 atom stereocenters. The molecule has 1 aliphatic carbocycles. The average Bonchev–Trinajstić information content (AvgIpc) is 3.07. The van der Waals surface area contributed by atoms with E-state index < -0.39 is 0 Å². The highest BCUT2D eigenvalue weighted by Gasteiger charge is 2.44. The molecule has 4 rings (SSSR count). The Hall–Kier alpha value is -2.25. The van der Waals surface area contributed by atoms with E-state index in [0.717, 1.165) is 31.6 Å². The number of amides is 1. The van der Waals surface area contributed by atoms with Gasteiger partial charge >= 0.3 is 0 Å². The molecule has 0 spiro atoms. The summed E-state index contributed by atoms with van der Waals surface area (Å²) in [7, 11) is 0. The molecule has 6 nitrogen and oxygen atoms in total. The van der Waals surface area contributed by atoms with Gasteiger partial charge in [0.2, 0.25) is 5.91 Å². The van der Waals surface area contributed by atoms with E-state index in [1.54, 1.807) is 12.1 Å². The normalized spacial score (nSPS) is 23.3. The molecule has 2 heterocycles. The van der Waals surface area contributed by atoms with Crippen LogP contribution in [0, 0.1) is 11.2 Å². The molecule has 2 aliphatic rings. The Kier molecular flexibility index (Phi) is 4.97. The second-order valence-electron chi connectivity index (χ2n) is 7.69. The summed E-state index contributed by atoms with van der Waals surface area (Å²) in [6.07, 6.45) is 7.52. The second kappa shape index (κ2) is 7.40. The van der Waals surface area contributed by atoms with E-state index in [4.69, 9.17) is 0 Å². The van der Waals surface area contributed by atoms with Crippen molar-refractivity contribution in [1.82, 2.24) is 25.7 Å². The van der Waals surface area contributed by atoms with Gasteiger partial charge in [0.05, 0.1) is 6.04 Å². The number of hydrogen-bond acceptors (Lipinski definition) is 4. The first kappa shape index (κ1) is 18.1. The molecule has 7 heteroatoms. The van der Waals surface area contributed by atoms with Crippen molar-refractivity contribution in [3.63, 3.8) is 0 Å². The van der Waals surface area contributed by atoms with Crippen LogP contribution in [0.4, 0.5) is 4.39 Å². The molecule has 3 N–H and O–H groups in total. The molecule has 0 bridgehead atoms. The Labute approximate surface area is 158 Å². The van der Waals surface area contributed by atoms with Gasteiger partial charge in [0.1, 0.15) is 17.7 Å². The lowest BCUT2D eigenvalue weighted by Gasteiger charge is -2.19. The van der Waals surface area contributed by atoms with Crippen LogP contribution in [-0.2, 0) is 17.8 Å². The first-order valence-electron chi connectivity index (χ1n) is 9.63. The summed E-state index contributed by atoms with van der Waals surface area (Å²) in [5.74, 6) is 0.804. The zero-order valence-electron chi connectivity index (χ0n) is 15.5. The van der Waals surface area contributed by atoms with Crippen LogP contribution < -0.4 is 16.2 Å². The predicted octanol–water partition coefficient (Wildman–Crippen LogP) is 2.09. The predicted molar refractivity (Wildman–Crippen MR) is 100 cm³/mol. The van der Waals surface area contributed by atoms with Gasteiger partial charge in [0, 0.05) is 42.9 Å². The lowest BCUT2D eigenvalue weighted by Crippen LogP contribution is -2.45. The van der Waals surface area contributed by atoms with Gasteiger partial charge in [-0.1, -0.05) is 25.1 Å². The van der Waals surface area contributed by atoms with Crippen LogP contribution in [0.5, 0.6) is 0 Å². The summed E-state index contributed by atoms with van der Waals surface area (Å²) in [5, 5.41) is 3.09. The molecule has 1 aromatic heterocycles. The third kappa shape index (κ3) is 3.89. The van der Waals surface area contributed by atoms with Gasteiger partial charge in [-0.2, -0.15) is 0 Å². The van der Waals surface area contributed by atoms with Crippen molar-refractivity contribution in [1.29, 1.82) is 0 Å². The van der Waals surface area contributed by atoms with Gasteiger partial charge in [-0.3, -0.25) is 4.79 Å². The van der Waals surface area contributed by atoms with Crippen molar-refractivity contribution in [2.75, 3.05) is 6.54 Å². The van der Waals surface area contributed by atoms with Gasteiger partial charge in [0.15, 0.2) is 0 Å². The number of nitrogens with zero attached hydrogens (tertiary/aromatic N) is 2. The standard InChI is InChI=1S/C20H26FN5O/c1-2-18-22-9-10-26(18)13-20(7-8-20)12-23-19(27)17-11-16(24-25-17)14-5-3-4-6-15(14)21/h3-6,9-10,16-17,24-25H,2,7-8,11-13H2,1H3,(H,23,27).